The van der Waals surface area contributed by atoms with Crippen LogP contribution in [0.3, 0.4) is 0 Å². The summed E-state index contributed by atoms with van der Waals surface area (Å²) in [6, 6.07) is 5.81. The zero-order valence-corrected chi connectivity index (χ0v) is 15.8. The van der Waals surface area contributed by atoms with E-state index in [1.807, 2.05) is 0 Å². The van der Waals surface area contributed by atoms with Crippen molar-refractivity contribution in [3.8, 4) is 0 Å². The van der Waals surface area contributed by atoms with Crippen LogP contribution in [0.1, 0.15) is 18.4 Å². The molecule has 1 fully saturated rings. The molecule has 8 nitrogen and oxygen atoms in total. The minimum absolute atomic E-state index is 0.134. The maximum Gasteiger partial charge on any atom is 0.240 e. The van der Waals surface area contributed by atoms with E-state index in [-0.39, 0.29) is 23.3 Å². The maximum atomic E-state index is 12.2. The molecule has 0 aromatic heterocycles. The molecule has 146 valence electrons. The first-order valence-electron chi connectivity index (χ1n) is 8.62. The van der Waals surface area contributed by atoms with Gasteiger partial charge in [-0.05, 0) is 36.5 Å². The van der Waals surface area contributed by atoms with Crippen LogP contribution in [0, 0.1) is 5.92 Å². The van der Waals surface area contributed by atoms with Crippen LogP contribution in [0.15, 0.2) is 29.2 Å². The molecular formula is C17H27N3O5S. The van der Waals surface area contributed by atoms with Crippen molar-refractivity contribution < 1.29 is 22.7 Å². The first-order valence-corrected chi connectivity index (χ1v) is 10.1. The van der Waals surface area contributed by atoms with Gasteiger partial charge in [0.1, 0.15) is 0 Å². The molecule has 0 aliphatic carbocycles. The fraction of sp³-hybridized carbons (Fsp3) is 0.588. The van der Waals surface area contributed by atoms with E-state index < -0.39 is 16.1 Å². The van der Waals surface area contributed by atoms with Crippen LogP contribution in [0.25, 0.3) is 0 Å². The maximum absolute atomic E-state index is 12.2. The highest BCUT2D eigenvalue weighted by molar-refractivity contribution is 7.89. The molecular weight excluding hydrogens is 358 g/mol. The Morgan fingerprint density at radius 2 is 1.96 bits per heavy atom. The van der Waals surface area contributed by atoms with E-state index in [9.17, 15) is 13.2 Å². The summed E-state index contributed by atoms with van der Waals surface area (Å²) in [4.78, 5) is 12.4. The van der Waals surface area contributed by atoms with E-state index >= 15 is 0 Å². The van der Waals surface area contributed by atoms with Crippen LogP contribution in [0.2, 0.25) is 0 Å². The van der Waals surface area contributed by atoms with Crippen molar-refractivity contribution in [3.63, 3.8) is 0 Å². The second-order valence-corrected chi connectivity index (χ2v) is 7.99. The lowest BCUT2D eigenvalue weighted by molar-refractivity contribution is -0.124. The molecule has 1 aliphatic heterocycles. The summed E-state index contributed by atoms with van der Waals surface area (Å²) >= 11 is 0. The molecule has 0 radical (unpaired) electrons. The second kappa shape index (κ2) is 9.98. The summed E-state index contributed by atoms with van der Waals surface area (Å²) in [5.74, 6) is -0.0655. The fourth-order valence-electron chi connectivity index (χ4n) is 2.74. The lowest BCUT2D eigenvalue weighted by Crippen LogP contribution is -2.46. The lowest BCUT2D eigenvalue weighted by atomic mass is 9.92. The van der Waals surface area contributed by atoms with Gasteiger partial charge in [-0.3, -0.25) is 4.79 Å². The summed E-state index contributed by atoms with van der Waals surface area (Å²) in [5.41, 5.74) is 6.83. The Balaban J connectivity index is 1.85. The van der Waals surface area contributed by atoms with Gasteiger partial charge in [0.25, 0.3) is 0 Å². The lowest BCUT2D eigenvalue weighted by Gasteiger charge is -2.26. The SMILES string of the molecule is COCCNS(=O)(=O)c1ccc(CNC(=O)C(N)C2CCOCC2)cc1. The molecule has 0 spiro atoms. The van der Waals surface area contributed by atoms with Crippen molar-refractivity contribution in [2.24, 2.45) is 11.7 Å². The number of nitrogens with two attached hydrogens (primary N) is 1. The van der Waals surface area contributed by atoms with Crippen molar-refractivity contribution in [2.75, 3.05) is 33.5 Å². The predicted molar refractivity (Wildman–Crippen MR) is 96.9 cm³/mol. The number of benzene rings is 1. The third-order valence-corrected chi connectivity index (χ3v) is 5.85. The van der Waals surface area contributed by atoms with Gasteiger partial charge in [-0.25, -0.2) is 13.1 Å². The molecule has 1 aromatic carbocycles. The molecule has 1 heterocycles. The number of hydrogen-bond donors (Lipinski definition) is 3. The van der Waals surface area contributed by atoms with Gasteiger partial charge < -0.3 is 20.5 Å². The first kappa shape index (κ1) is 20.8. The molecule has 9 heteroatoms. The van der Waals surface area contributed by atoms with Crippen LogP contribution in [-0.4, -0.2) is 53.8 Å². The quantitative estimate of drug-likeness (QED) is 0.514. The topological polar surface area (TPSA) is 120 Å². The van der Waals surface area contributed by atoms with Gasteiger partial charge in [0, 0.05) is 33.4 Å². The molecule has 0 bridgehead atoms. The molecule has 0 saturated carbocycles. The fourth-order valence-corrected chi connectivity index (χ4v) is 3.76. The molecule has 1 aliphatic rings. The van der Waals surface area contributed by atoms with Crippen molar-refractivity contribution in [3.05, 3.63) is 29.8 Å². The number of ether oxygens (including phenoxy) is 2. The highest BCUT2D eigenvalue weighted by atomic mass is 32.2. The molecule has 2 rings (SSSR count). The van der Waals surface area contributed by atoms with Gasteiger partial charge in [0.15, 0.2) is 0 Å². The zero-order chi connectivity index (χ0) is 19.0. The minimum Gasteiger partial charge on any atom is -0.383 e. The monoisotopic (exact) mass is 385 g/mol. The van der Waals surface area contributed by atoms with E-state index in [0.717, 1.165) is 18.4 Å². The van der Waals surface area contributed by atoms with Crippen molar-refractivity contribution in [1.82, 2.24) is 10.0 Å². The number of methoxy groups -OCH3 is 1. The Morgan fingerprint density at radius 1 is 1.31 bits per heavy atom. The number of amides is 1. The highest BCUT2D eigenvalue weighted by Gasteiger charge is 2.26. The summed E-state index contributed by atoms with van der Waals surface area (Å²) in [6.07, 6.45) is 1.58. The van der Waals surface area contributed by atoms with E-state index in [0.29, 0.717) is 26.4 Å². The van der Waals surface area contributed by atoms with Crippen molar-refractivity contribution in [2.45, 2.75) is 30.3 Å². The molecule has 1 unspecified atom stereocenters. The number of rotatable bonds is 9. The smallest absolute Gasteiger partial charge is 0.240 e. The summed E-state index contributed by atoms with van der Waals surface area (Å²) in [6.45, 7) is 2.09. The third kappa shape index (κ3) is 6.03. The average Bonchev–Trinajstić information content (AvgIpc) is 2.66. The van der Waals surface area contributed by atoms with Gasteiger partial charge in [0.2, 0.25) is 15.9 Å². The summed E-state index contributed by atoms with van der Waals surface area (Å²) in [5, 5.41) is 2.81. The Morgan fingerprint density at radius 3 is 2.58 bits per heavy atom. The second-order valence-electron chi connectivity index (χ2n) is 6.23. The Labute approximate surface area is 154 Å². The standard InChI is InChI=1S/C17H27N3O5S/c1-24-11-8-20-26(22,23)15-4-2-13(3-5-15)12-19-17(21)16(18)14-6-9-25-10-7-14/h2-5,14,16,20H,6-12,18H2,1H3,(H,19,21). The van der Waals surface area contributed by atoms with Crippen molar-refractivity contribution >= 4 is 15.9 Å². The minimum atomic E-state index is -3.56. The van der Waals surface area contributed by atoms with E-state index in [2.05, 4.69) is 10.0 Å². The van der Waals surface area contributed by atoms with Crippen LogP contribution < -0.4 is 15.8 Å². The molecule has 1 amide bonds. The molecule has 1 saturated heterocycles. The van der Waals surface area contributed by atoms with Crippen LogP contribution in [0.4, 0.5) is 0 Å². The van der Waals surface area contributed by atoms with Gasteiger partial charge >= 0.3 is 0 Å². The summed E-state index contributed by atoms with van der Waals surface area (Å²) < 4.78 is 36.7. The van der Waals surface area contributed by atoms with E-state index in [1.54, 1.807) is 12.1 Å². The van der Waals surface area contributed by atoms with Gasteiger partial charge in [-0.2, -0.15) is 0 Å². The van der Waals surface area contributed by atoms with Crippen LogP contribution in [0.5, 0.6) is 0 Å². The number of sulfonamides is 1. The summed E-state index contributed by atoms with van der Waals surface area (Å²) in [7, 11) is -2.05. The highest BCUT2D eigenvalue weighted by Crippen LogP contribution is 2.18. The normalized spacial score (nSPS) is 17.0. The number of carbonyl (C=O) groups is 1. The molecule has 1 aromatic rings. The first-order chi connectivity index (χ1) is 12.4. The molecule has 26 heavy (non-hydrogen) atoms. The zero-order valence-electron chi connectivity index (χ0n) is 14.9. The number of carbonyl (C=O) groups excluding carboxylic acids is 1. The number of hydrogen-bond acceptors (Lipinski definition) is 6. The average molecular weight is 385 g/mol. The van der Waals surface area contributed by atoms with Crippen LogP contribution in [-0.2, 0) is 30.8 Å². The van der Waals surface area contributed by atoms with Gasteiger partial charge in [-0.15, -0.1) is 0 Å². The Kier molecular flexibility index (Phi) is 7.98. The van der Waals surface area contributed by atoms with Crippen molar-refractivity contribution in [1.29, 1.82) is 0 Å². The third-order valence-electron chi connectivity index (χ3n) is 4.38. The Hall–Kier alpha value is -1.52. The molecule has 4 N–H and O–H groups in total. The number of nitrogens with one attached hydrogen (secondary N) is 2. The molecule has 1 atom stereocenters. The van der Waals surface area contributed by atoms with Gasteiger partial charge in [-0.1, -0.05) is 12.1 Å². The van der Waals surface area contributed by atoms with E-state index in [1.165, 1.54) is 19.2 Å². The predicted octanol–water partition coefficient (Wildman–Crippen LogP) is -0.0186. The van der Waals surface area contributed by atoms with Gasteiger partial charge in [0.05, 0.1) is 17.5 Å². The van der Waals surface area contributed by atoms with Crippen LogP contribution >= 0.6 is 0 Å². The van der Waals surface area contributed by atoms with E-state index in [4.69, 9.17) is 15.2 Å². The Bertz CT molecular complexity index is 672. The largest absolute Gasteiger partial charge is 0.383 e.